The number of rotatable bonds is 6. The number of amides is 1. The molecule has 1 unspecified atom stereocenters. The molecule has 2 heterocycles. The van der Waals surface area contributed by atoms with Crippen LogP contribution >= 0.6 is 15.9 Å². The van der Waals surface area contributed by atoms with Crippen molar-refractivity contribution in [3.05, 3.63) is 28.4 Å². The first-order valence-corrected chi connectivity index (χ1v) is 10.5. The van der Waals surface area contributed by atoms with Gasteiger partial charge in [-0.3, -0.25) is 9.78 Å². The van der Waals surface area contributed by atoms with Gasteiger partial charge in [-0.05, 0) is 40.9 Å². The molecule has 0 radical (unpaired) electrons. The summed E-state index contributed by atoms with van der Waals surface area (Å²) in [4.78, 5) is 23.3. The molecule has 4 rings (SSSR count). The number of methoxy groups -OCH3 is 2. The third kappa shape index (κ3) is 3.43. The molecule has 1 aromatic heterocycles. The van der Waals surface area contributed by atoms with Gasteiger partial charge in [0.25, 0.3) is 5.91 Å². The second kappa shape index (κ2) is 7.48. The lowest BCUT2D eigenvalue weighted by atomic mass is 9.83. The molecule has 1 atom stereocenters. The van der Waals surface area contributed by atoms with Crippen LogP contribution in [-0.4, -0.2) is 42.5 Å². The number of carbonyl (C=O) groups is 1. The Morgan fingerprint density at radius 3 is 2.62 bits per heavy atom. The SMILES string of the molecule is COc1c(C2=NOC(C(=O)NC3CC3)(C(C)C)C2)cc2cc(Br)cnc2c1OC. The number of ether oxygens (including phenoxy) is 2. The maximum absolute atomic E-state index is 13.0. The Bertz CT molecular complexity index is 1000. The average Bonchev–Trinajstić information content (AvgIpc) is 3.39. The van der Waals surface area contributed by atoms with E-state index in [0.29, 0.717) is 29.1 Å². The molecule has 8 heteroatoms. The summed E-state index contributed by atoms with van der Waals surface area (Å²) >= 11 is 3.47. The Kier molecular flexibility index (Phi) is 5.14. The average molecular weight is 462 g/mol. The summed E-state index contributed by atoms with van der Waals surface area (Å²) in [5, 5.41) is 8.27. The Hall–Kier alpha value is -2.35. The van der Waals surface area contributed by atoms with Gasteiger partial charge in [-0.15, -0.1) is 0 Å². The van der Waals surface area contributed by atoms with Crippen LogP contribution in [0.1, 0.15) is 38.7 Å². The van der Waals surface area contributed by atoms with Crippen molar-refractivity contribution < 1.29 is 19.1 Å². The monoisotopic (exact) mass is 461 g/mol. The summed E-state index contributed by atoms with van der Waals surface area (Å²) in [6, 6.07) is 4.16. The second-order valence-corrected chi connectivity index (χ2v) is 8.73. The van der Waals surface area contributed by atoms with Crippen molar-refractivity contribution >= 4 is 38.5 Å². The highest BCUT2D eigenvalue weighted by molar-refractivity contribution is 9.10. The van der Waals surface area contributed by atoms with Gasteiger partial charge in [0.1, 0.15) is 5.52 Å². The lowest BCUT2D eigenvalue weighted by molar-refractivity contribution is -0.149. The summed E-state index contributed by atoms with van der Waals surface area (Å²) in [5.74, 6) is 0.899. The van der Waals surface area contributed by atoms with E-state index in [1.165, 1.54) is 0 Å². The standard InChI is InChI=1S/C21H24BrN3O4/c1-11(2)21(20(26)24-14-5-6-14)9-16(25-29-21)15-8-12-7-13(22)10-23-17(12)19(28-4)18(15)27-3/h7-8,10-11,14H,5-6,9H2,1-4H3,(H,24,26). The van der Waals surface area contributed by atoms with Crippen molar-refractivity contribution in [2.45, 2.75) is 44.8 Å². The minimum absolute atomic E-state index is 0.0494. The molecule has 1 saturated carbocycles. The lowest BCUT2D eigenvalue weighted by Gasteiger charge is -2.29. The number of nitrogens with one attached hydrogen (secondary N) is 1. The van der Waals surface area contributed by atoms with Gasteiger partial charge in [0.2, 0.25) is 5.60 Å². The molecule has 1 aliphatic heterocycles. The molecule has 154 valence electrons. The van der Waals surface area contributed by atoms with Gasteiger partial charge in [-0.1, -0.05) is 19.0 Å². The van der Waals surface area contributed by atoms with Gasteiger partial charge in [-0.25, -0.2) is 0 Å². The van der Waals surface area contributed by atoms with E-state index in [0.717, 1.165) is 28.3 Å². The number of benzene rings is 1. The van der Waals surface area contributed by atoms with Crippen molar-refractivity contribution in [1.82, 2.24) is 10.3 Å². The number of carbonyl (C=O) groups excluding carboxylic acids is 1. The highest BCUT2D eigenvalue weighted by Crippen LogP contribution is 2.42. The van der Waals surface area contributed by atoms with Gasteiger partial charge in [0, 0.05) is 40.0 Å². The topological polar surface area (TPSA) is 82.0 Å². The zero-order valence-corrected chi connectivity index (χ0v) is 18.5. The number of hydrogen-bond donors (Lipinski definition) is 1. The van der Waals surface area contributed by atoms with Gasteiger partial charge in [-0.2, -0.15) is 0 Å². The van der Waals surface area contributed by atoms with E-state index < -0.39 is 5.60 Å². The van der Waals surface area contributed by atoms with Gasteiger partial charge in [0.15, 0.2) is 11.5 Å². The van der Waals surface area contributed by atoms with Crippen LogP contribution in [0.3, 0.4) is 0 Å². The van der Waals surface area contributed by atoms with Gasteiger partial charge < -0.3 is 19.6 Å². The van der Waals surface area contributed by atoms with Crippen LogP contribution in [0.2, 0.25) is 0 Å². The normalized spacial score (nSPS) is 21.1. The minimum Gasteiger partial charge on any atom is -0.492 e. The Labute approximate surface area is 177 Å². The number of pyridine rings is 1. The number of fused-ring (bicyclic) bond motifs is 1. The largest absolute Gasteiger partial charge is 0.492 e. The second-order valence-electron chi connectivity index (χ2n) is 7.81. The van der Waals surface area contributed by atoms with Crippen molar-refractivity contribution in [1.29, 1.82) is 0 Å². The maximum Gasteiger partial charge on any atom is 0.267 e. The fourth-order valence-electron chi connectivity index (χ4n) is 3.63. The van der Waals surface area contributed by atoms with E-state index in [2.05, 4.69) is 31.4 Å². The van der Waals surface area contributed by atoms with E-state index >= 15 is 0 Å². The fourth-order valence-corrected chi connectivity index (χ4v) is 3.98. The predicted octanol–water partition coefficient (Wildman–Crippen LogP) is 3.81. The molecule has 1 N–H and O–H groups in total. The smallest absolute Gasteiger partial charge is 0.267 e. The highest BCUT2D eigenvalue weighted by atomic mass is 79.9. The molecule has 0 spiro atoms. The van der Waals surface area contributed by atoms with Crippen molar-refractivity contribution in [2.24, 2.45) is 11.1 Å². The zero-order chi connectivity index (χ0) is 20.8. The van der Waals surface area contributed by atoms with Gasteiger partial charge in [0.05, 0.1) is 19.9 Å². The molecular formula is C21H24BrN3O4. The molecule has 1 amide bonds. The molecular weight excluding hydrogens is 438 g/mol. The molecule has 1 aromatic carbocycles. The van der Waals surface area contributed by atoms with Crippen molar-refractivity contribution in [3.63, 3.8) is 0 Å². The van der Waals surface area contributed by atoms with E-state index in [-0.39, 0.29) is 17.9 Å². The molecule has 0 saturated heterocycles. The number of halogens is 1. The summed E-state index contributed by atoms with van der Waals surface area (Å²) in [5.41, 5.74) is 1.05. The number of nitrogens with zero attached hydrogens (tertiary/aromatic N) is 2. The number of hydrogen-bond acceptors (Lipinski definition) is 6. The first-order chi connectivity index (χ1) is 13.9. The molecule has 2 aromatic rings. The summed E-state index contributed by atoms with van der Waals surface area (Å²) < 4.78 is 12.1. The van der Waals surface area contributed by atoms with Crippen LogP contribution in [0.4, 0.5) is 0 Å². The molecule has 1 fully saturated rings. The number of oxime groups is 1. The summed E-state index contributed by atoms with van der Waals surface area (Å²) in [6.45, 7) is 3.95. The van der Waals surface area contributed by atoms with Gasteiger partial charge >= 0.3 is 0 Å². The predicted molar refractivity (Wildman–Crippen MR) is 114 cm³/mol. The first-order valence-electron chi connectivity index (χ1n) is 9.66. The maximum atomic E-state index is 13.0. The first kappa shape index (κ1) is 19.9. The summed E-state index contributed by atoms with van der Waals surface area (Å²) in [7, 11) is 3.16. The Morgan fingerprint density at radius 1 is 1.28 bits per heavy atom. The van der Waals surface area contributed by atoms with Crippen LogP contribution in [0.15, 0.2) is 28.0 Å². The lowest BCUT2D eigenvalue weighted by Crippen LogP contribution is -2.51. The zero-order valence-electron chi connectivity index (χ0n) is 16.9. The minimum atomic E-state index is -1.03. The molecule has 29 heavy (non-hydrogen) atoms. The van der Waals surface area contributed by atoms with Crippen LogP contribution in [0, 0.1) is 5.92 Å². The molecule has 7 nitrogen and oxygen atoms in total. The van der Waals surface area contributed by atoms with Crippen LogP contribution < -0.4 is 14.8 Å². The van der Waals surface area contributed by atoms with E-state index in [1.54, 1.807) is 20.4 Å². The highest BCUT2D eigenvalue weighted by Gasteiger charge is 2.51. The quantitative estimate of drug-likeness (QED) is 0.706. The molecule has 1 aliphatic carbocycles. The van der Waals surface area contributed by atoms with Crippen molar-refractivity contribution in [2.75, 3.05) is 14.2 Å². The third-order valence-corrected chi connectivity index (χ3v) is 5.98. The van der Waals surface area contributed by atoms with Crippen LogP contribution in [0.25, 0.3) is 10.9 Å². The Balaban J connectivity index is 1.77. The van der Waals surface area contributed by atoms with Crippen LogP contribution in [-0.2, 0) is 9.63 Å². The van der Waals surface area contributed by atoms with E-state index in [4.69, 9.17) is 14.3 Å². The van der Waals surface area contributed by atoms with E-state index in [9.17, 15) is 4.79 Å². The fraction of sp³-hybridized carbons (Fsp3) is 0.476. The molecule has 2 aliphatic rings. The number of aromatic nitrogens is 1. The Morgan fingerprint density at radius 2 is 2.00 bits per heavy atom. The molecule has 0 bridgehead atoms. The van der Waals surface area contributed by atoms with Crippen LogP contribution in [0.5, 0.6) is 11.5 Å². The third-order valence-electron chi connectivity index (χ3n) is 5.55. The van der Waals surface area contributed by atoms with E-state index in [1.807, 2.05) is 26.0 Å². The summed E-state index contributed by atoms with van der Waals surface area (Å²) in [6.07, 6.45) is 4.11. The van der Waals surface area contributed by atoms with Crippen molar-refractivity contribution in [3.8, 4) is 11.5 Å².